The van der Waals surface area contributed by atoms with Gasteiger partial charge in [-0.2, -0.15) is 0 Å². The highest BCUT2D eigenvalue weighted by atomic mass is 16.2. The smallest absolute Gasteiger partial charge is 0.325 e. The van der Waals surface area contributed by atoms with Crippen molar-refractivity contribution in [1.82, 2.24) is 15.1 Å². The summed E-state index contributed by atoms with van der Waals surface area (Å²) in [5.41, 5.74) is -0.680. The van der Waals surface area contributed by atoms with E-state index in [2.05, 4.69) is 5.32 Å². The molecular weight excluding hydrogens is 294 g/mol. The number of amides is 4. The van der Waals surface area contributed by atoms with Crippen molar-refractivity contribution in [2.45, 2.75) is 69.7 Å². The van der Waals surface area contributed by atoms with Gasteiger partial charge in [0.1, 0.15) is 5.54 Å². The Balaban J connectivity index is 1.56. The summed E-state index contributed by atoms with van der Waals surface area (Å²) in [5, 5.41) is 2.89. The molecule has 23 heavy (non-hydrogen) atoms. The minimum absolute atomic E-state index is 0.0668. The van der Waals surface area contributed by atoms with E-state index in [0.717, 1.165) is 58.0 Å². The van der Waals surface area contributed by atoms with Crippen LogP contribution in [0.5, 0.6) is 0 Å². The number of imide groups is 1. The molecular formula is C17H27N3O3. The van der Waals surface area contributed by atoms with E-state index in [4.69, 9.17) is 0 Å². The Morgan fingerprint density at radius 3 is 2.22 bits per heavy atom. The van der Waals surface area contributed by atoms with E-state index in [0.29, 0.717) is 0 Å². The summed E-state index contributed by atoms with van der Waals surface area (Å²) < 4.78 is 0. The lowest BCUT2D eigenvalue weighted by molar-refractivity contribution is -0.134. The molecule has 1 aliphatic carbocycles. The molecule has 3 aliphatic rings. The van der Waals surface area contributed by atoms with Crippen LogP contribution >= 0.6 is 0 Å². The van der Waals surface area contributed by atoms with Crippen LogP contribution in [0.2, 0.25) is 0 Å². The zero-order valence-corrected chi connectivity index (χ0v) is 13.8. The first kappa shape index (κ1) is 16.3. The summed E-state index contributed by atoms with van der Waals surface area (Å²) in [7, 11) is 0. The SMILES string of the molecule is O=C(CCN1C(=O)NC2(CCCCC2)C1=O)N1CCCCCC1. The highest BCUT2D eigenvalue weighted by Gasteiger charge is 2.51. The number of hydrogen-bond donors (Lipinski definition) is 1. The Morgan fingerprint density at radius 1 is 0.957 bits per heavy atom. The topological polar surface area (TPSA) is 69.7 Å². The number of hydrogen-bond acceptors (Lipinski definition) is 3. The molecule has 6 nitrogen and oxygen atoms in total. The molecule has 0 aromatic carbocycles. The van der Waals surface area contributed by atoms with Crippen molar-refractivity contribution in [1.29, 1.82) is 0 Å². The van der Waals surface area contributed by atoms with E-state index < -0.39 is 5.54 Å². The van der Waals surface area contributed by atoms with Gasteiger partial charge in [0.2, 0.25) is 5.91 Å². The maximum atomic E-state index is 12.7. The van der Waals surface area contributed by atoms with Crippen LogP contribution in [0.4, 0.5) is 4.79 Å². The van der Waals surface area contributed by atoms with Crippen molar-refractivity contribution < 1.29 is 14.4 Å². The molecule has 1 saturated carbocycles. The summed E-state index contributed by atoms with van der Waals surface area (Å²) in [4.78, 5) is 40.3. The molecule has 3 fully saturated rings. The zero-order chi connectivity index (χ0) is 16.3. The summed E-state index contributed by atoms with van der Waals surface area (Å²) in [6, 6.07) is -0.319. The second-order valence-electron chi connectivity index (χ2n) is 7.07. The second kappa shape index (κ2) is 6.89. The quantitative estimate of drug-likeness (QED) is 0.809. The van der Waals surface area contributed by atoms with E-state index in [-0.39, 0.29) is 30.8 Å². The zero-order valence-electron chi connectivity index (χ0n) is 13.8. The van der Waals surface area contributed by atoms with Gasteiger partial charge in [0.25, 0.3) is 5.91 Å². The van der Waals surface area contributed by atoms with Gasteiger partial charge in [-0.25, -0.2) is 4.79 Å². The van der Waals surface area contributed by atoms with Crippen LogP contribution < -0.4 is 5.32 Å². The fourth-order valence-electron chi connectivity index (χ4n) is 4.06. The largest absolute Gasteiger partial charge is 0.343 e. The Labute approximate surface area is 137 Å². The molecule has 2 aliphatic heterocycles. The Kier molecular flexibility index (Phi) is 4.87. The molecule has 0 aromatic heterocycles. The van der Waals surface area contributed by atoms with Crippen LogP contribution in [0.3, 0.4) is 0 Å². The van der Waals surface area contributed by atoms with Gasteiger partial charge in [0.15, 0.2) is 0 Å². The first-order chi connectivity index (χ1) is 11.1. The number of likely N-dealkylation sites (tertiary alicyclic amines) is 1. The minimum atomic E-state index is -0.680. The lowest BCUT2D eigenvalue weighted by Gasteiger charge is -2.30. The van der Waals surface area contributed by atoms with Crippen LogP contribution in [0, 0.1) is 0 Å². The van der Waals surface area contributed by atoms with Crippen LogP contribution in [-0.2, 0) is 9.59 Å². The van der Waals surface area contributed by atoms with Gasteiger partial charge >= 0.3 is 6.03 Å². The standard InChI is InChI=1S/C17H27N3O3/c21-14(19-11-6-1-2-7-12-19)8-13-20-15(22)17(18-16(20)23)9-4-3-5-10-17/h1-13H2,(H,18,23). The highest BCUT2D eigenvalue weighted by molar-refractivity contribution is 6.07. The lowest BCUT2D eigenvalue weighted by atomic mass is 9.82. The normalized spacial score (nSPS) is 24.7. The summed E-state index contributed by atoms with van der Waals surface area (Å²) >= 11 is 0. The van der Waals surface area contributed by atoms with Crippen LogP contribution in [0.1, 0.15) is 64.2 Å². The number of rotatable bonds is 3. The first-order valence-corrected chi connectivity index (χ1v) is 9.04. The average Bonchev–Trinajstić information content (AvgIpc) is 2.77. The number of nitrogens with zero attached hydrogens (tertiary/aromatic N) is 2. The van der Waals surface area contributed by atoms with E-state index in [1.54, 1.807) is 0 Å². The van der Waals surface area contributed by atoms with Gasteiger partial charge in [-0.05, 0) is 25.7 Å². The highest BCUT2D eigenvalue weighted by Crippen LogP contribution is 2.33. The summed E-state index contributed by atoms with van der Waals surface area (Å²) in [5.74, 6) is -0.0528. The molecule has 1 N–H and O–H groups in total. The maximum absolute atomic E-state index is 12.7. The molecule has 4 amide bonds. The summed E-state index contributed by atoms with van der Waals surface area (Å²) in [6.07, 6.45) is 9.25. The van der Waals surface area contributed by atoms with Crippen molar-refractivity contribution in [3.63, 3.8) is 0 Å². The second-order valence-corrected chi connectivity index (χ2v) is 7.07. The molecule has 2 saturated heterocycles. The van der Waals surface area contributed by atoms with Gasteiger partial charge in [-0.1, -0.05) is 32.1 Å². The predicted octanol–water partition coefficient (Wildman–Crippen LogP) is 2.03. The third-order valence-electron chi connectivity index (χ3n) is 5.46. The Bertz CT molecular complexity index is 477. The van der Waals surface area contributed by atoms with E-state index in [9.17, 15) is 14.4 Å². The number of nitrogens with one attached hydrogen (secondary N) is 1. The van der Waals surface area contributed by atoms with Crippen LogP contribution in [0.15, 0.2) is 0 Å². The summed E-state index contributed by atoms with van der Waals surface area (Å²) in [6.45, 7) is 1.83. The van der Waals surface area contributed by atoms with Crippen molar-refractivity contribution >= 4 is 17.8 Å². The monoisotopic (exact) mass is 321 g/mol. The number of carbonyl (C=O) groups excluding carboxylic acids is 3. The number of carbonyl (C=O) groups is 3. The molecule has 1 spiro atoms. The first-order valence-electron chi connectivity index (χ1n) is 9.04. The molecule has 3 rings (SSSR count). The molecule has 0 bridgehead atoms. The molecule has 6 heteroatoms. The maximum Gasteiger partial charge on any atom is 0.325 e. The third-order valence-corrected chi connectivity index (χ3v) is 5.46. The van der Waals surface area contributed by atoms with Gasteiger partial charge in [0.05, 0.1) is 0 Å². The minimum Gasteiger partial charge on any atom is -0.343 e. The Morgan fingerprint density at radius 2 is 1.57 bits per heavy atom. The van der Waals surface area contributed by atoms with E-state index >= 15 is 0 Å². The van der Waals surface area contributed by atoms with Crippen LogP contribution in [-0.4, -0.2) is 52.8 Å². The molecule has 0 atom stereocenters. The van der Waals surface area contributed by atoms with Gasteiger partial charge < -0.3 is 10.2 Å². The third kappa shape index (κ3) is 3.35. The molecule has 0 aromatic rings. The number of urea groups is 1. The fourth-order valence-corrected chi connectivity index (χ4v) is 4.06. The van der Waals surface area contributed by atoms with Crippen molar-refractivity contribution in [2.75, 3.05) is 19.6 Å². The lowest BCUT2D eigenvalue weighted by Crippen LogP contribution is -2.48. The van der Waals surface area contributed by atoms with Gasteiger partial charge in [-0.3, -0.25) is 14.5 Å². The molecule has 0 unspecified atom stereocenters. The predicted molar refractivity (Wildman–Crippen MR) is 85.7 cm³/mol. The van der Waals surface area contributed by atoms with Gasteiger partial charge in [0, 0.05) is 26.1 Å². The van der Waals surface area contributed by atoms with Crippen molar-refractivity contribution in [3.05, 3.63) is 0 Å². The van der Waals surface area contributed by atoms with Crippen LogP contribution in [0.25, 0.3) is 0 Å². The van der Waals surface area contributed by atoms with E-state index in [1.807, 2.05) is 4.90 Å². The molecule has 0 radical (unpaired) electrons. The van der Waals surface area contributed by atoms with Crippen molar-refractivity contribution in [3.8, 4) is 0 Å². The van der Waals surface area contributed by atoms with E-state index in [1.165, 1.54) is 17.7 Å². The fraction of sp³-hybridized carbons (Fsp3) is 0.824. The Hall–Kier alpha value is -1.59. The van der Waals surface area contributed by atoms with Crippen molar-refractivity contribution in [2.24, 2.45) is 0 Å². The average molecular weight is 321 g/mol. The molecule has 2 heterocycles. The molecule has 128 valence electrons. The van der Waals surface area contributed by atoms with Gasteiger partial charge in [-0.15, -0.1) is 0 Å².